The lowest BCUT2D eigenvalue weighted by atomic mass is 10.0. The third-order valence-electron chi connectivity index (χ3n) is 6.34. The fourth-order valence-electron chi connectivity index (χ4n) is 4.73. The van der Waals surface area contributed by atoms with Gasteiger partial charge in [0.2, 0.25) is 11.8 Å². The quantitative estimate of drug-likeness (QED) is 0.753. The van der Waals surface area contributed by atoms with E-state index in [2.05, 4.69) is 34.5 Å². The molecule has 1 fully saturated rings. The Balaban J connectivity index is 1.35. The van der Waals surface area contributed by atoms with Gasteiger partial charge in [-0.2, -0.15) is 0 Å². The van der Waals surface area contributed by atoms with Gasteiger partial charge in [0.05, 0.1) is 0 Å². The van der Waals surface area contributed by atoms with E-state index in [1.807, 2.05) is 12.1 Å². The van der Waals surface area contributed by atoms with Crippen LogP contribution >= 0.6 is 0 Å². The number of nitrogens with two attached hydrogens (primary N) is 1. The Bertz CT molecular complexity index is 1060. The van der Waals surface area contributed by atoms with E-state index in [1.54, 1.807) is 4.90 Å². The first kappa shape index (κ1) is 18.8. The molecule has 1 unspecified atom stereocenters. The van der Waals surface area contributed by atoms with Crippen molar-refractivity contribution in [2.45, 2.75) is 44.9 Å². The summed E-state index contributed by atoms with van der Waals surface area (Å²) < 4.78 is 0. The van der Waals surface area contributed by atoms with Gasteiger partial charge in [-0.1, -0.05) is 24.3 Å². The van der Waals surface area contributed by atoms with Crippen LogP contribution in [0.1, 0.15) is 45.5 Å². The first-order chi connectivity index (χ1) is 14.5. The van der Waals surface area contributed by atoms with Crippen LogP contribution in [-0.4, -0.2) is 35.2 Å². The van der Waals surface area contributed by atoms with Crippen LogP contribution in [0.25, 0.3) is 0 Å². The number of nitrogens with one attached hydrogen (secondary N) is 1. The van der Waals surface area contributed by atoms with Crippen molar-refractivity contribution in [1.29, 1.82) is 0 Å². The normalized spacial score (nSPS) is 20.4. The van der Waals surface area contributed by atoms with E-state index < -0.39 is 6.04 Å². The molecule has 2 aromatic rings. The molecular formula is C23H24N4O3. The van der Waals surface area contributed by atoms with Gasteiger partial charge in [-0.05, 0) is 47.2 Å². The van der Waals surface area contributed by atoms with Crippen LogP contribution in [-0.2, 0) is 35.6 Å². The van der Waals surface area contributed by atoms with E-state index in [-0.39, 0.29) is 24.1 Å². The molecule has 3 aliphatic heterocycles. The van der Waals surface area contributed by atoms with Crippen LogP contribution in [0.2, 0.25) is 0 Å². The lowest BCUT2D eigenvalue weighted by molar-refractivity contribution is -0.136. The van der Waals surface area contributed by atoms with Gasteiger partial charge in [-0.15, -0.1) is 0 Å². The highest BCUT2D eigenvalue weighted by molar-refractivity contribution is 6.05. The monoisotopic (exact) mass is 404 g/mol. The molecule has 3 amide bonds. The molecular weight excluding hydrogens is 380 g/mol. The molecule has 0 bridgehead atoms. The molecule has 7 nitrogen and oxygen atoms in total. The minimum absolute atomic E-state index is 0.134. The first-order valence-corrected chi connectivity index (χ1v) is 10.4. The fraction of sp³-hybridized carbons (Fsp3) is 0.348. The van der Waals surface area contributed by atoms with Crippen LogP contribution in [0.4, 0.5) is 5.69 Å². The molecule has 3 N–H and O–H groups in total. The zero-order valence-electron chi connectivity index (χ0n) is 16.7. The largest absolute Gasteiger partial charge is 0.367 e. The number of carbonyl (C=O) groups excluding carboxylic acids is 3. The number of nitrogens with zero attached hydrogens (tertiary/aromatic N) is 2. The van der Waals surface area contributed by atoms with E-state index in [9.17, 15) is 14.4 Å². The number of piperidine rings is 1. The standard InChI is InChI=1S/C23H24N4O3/c24-11-14-1-3-16-7-8-26(20(16)10-14)12-15-2-4-18-17(9-15)13-27(23(18)30)19-5-6-21(28)25-22(19)29/h1-4,9-10,19H,5-8,11-13,24H2,(H,25,28,29). The molecule has 5 rings (SSSR count). The second kappa shape index (κ2) is 7.25. The third-order valence-corrected chi connectivity index (χ3v) is 6.34. The Morgan fingerprint density at radius 2 is 1.83 bits per heavy atom. The molecule has 2 aromatic carbocycles. The Labute approximate surface area is 174 Å². The van der Waals surface area contributed by atoms with Gasteiger partial charge in [0.25, 0.3) is 5.91 Å². The van der Waals surface area contributed by atoms with Gasteiger partial charge in [0.1, 0.15) is 6.04 Å². The summed E-state index contributed by atoms with van der Waals surface area (Å²) in [5.74, 6) is -0.784. The summed E-state index contributed by atoms with van der Waals surface area (Å²) in [6, 6.07) is 11.8. The average Bonchev–Trinajstić information content (AvgIpc) is 3.28. The van der Waals surface area contributed by atoms with Crippen LogP contribution in [0, 0.1) is 0 Å². The second-order valence-electron chi connectivity index (χ2n) is 8.23. The summed E-state index contributed by atoms with van der Waals surface area (Å²) in [6.07, 6.45) is 1.67. The van der Waals surface area contributed by atoms with Crippen molar-refractivity contribution in [3.8, 4) is 0 Å². The molecule has 3 aliphatic rings. The van der Waals surface area contributed by atoms with Crippen molar-refractivity contribution in [3.05, 3.63) is 64.2 Å². The predicted molar refractivity (Wildman–Crippen MR) is 112 cm³/mol. The molecule has 1 atom stereocenters. The molecule has 154 valence electrons. The minimum Gasteiger partial charge on any atom is -0.367 e. The fourth-order valence-corrected chi connectivity index (χ4v) is 4.73. The molecule has 3 heterocycles. The molecule has 1 saturated heterocycles. The zero-order valence-corrected chi connectivity index (χ0v) is 16.7. The Morgan fingerprint density at radius 1 is 1.00 bits per heavy atom. The van der Waals surface area contributed by atoms with E-state index in [0.29, 0.717) is 25.1 Å². The van der Waals surface area contributed by atoms with E-state index in [4.69, 9.17) is 5.73 Å². The smallest absolute Gasteiger partial charge is 0.255 e. The zero-order chi connectivity index (χ0) is 20.8. The maximum atomic E-state index is 12.9. The minimum atomic E-state index is -0.578. The van der Waals surface area contributed by atoms with Gasteiger partial charge in [-0.3, -0.25) is 19.7 Å². The number of benzene rings is 2. The van der Waals surface area contributed by atoms with Crippen LogP contribution in [0.15, 0.2) is 36.4 Å². The van der Waals surface area contributed by atoms with Crippen molar-refractivity contribution in [2.24, 2.45) is 5.73 Å². The third kappa shape index (κ3) is 3.15. The average molecular weight is 404 g/mol. The molecule has 0 saturated carbocycles. The molecule has 0 aliphatic carbocycles. The van der Waals surface area contributed by atoms with Gasteiger partial charge in [0.15, 0.2) is 0 Å². The number of hydrogen-bond acceptors (Lipinski definition) is 5. The lowest BCUT2D eigenvalue weighted by Crippen LogP contribution is -2.52. The Morgan fingerprint density at radius 3 is 2.63 bits per heavy atom. The number of anilines is 1. The van der Waals surface area contributed by atoms with Crippen molar-refractivity contribution in [1.82, 2.24) is 10.2 Å². The van der Waals surface area contributed by atoms with Gasteiger partial charge < -0.3 is 15.5 Å². The van der Waals surface area contributed by atoms with E-state index in [0.717, 1.165) is 36.2 Å². The number of imide groups is 1. The summed E-state index contributed by atoms with van der Waals surface area (Å²) in [6.45, 7) is 2.66. The number of carbonyl (C=O) groups is 3. The van der Waals surface area contributed by atoms with Crippen molar-refractivity contribution < 1.29 is 14.4 Å². The first-order valence-electron chi connectivity index (χ1n) is 10.4. The van der Waals surface area contributed by atoms with Gasteiger partial charge in [-0.25, -0.2) is 0 Å². The molecule has 0 spiro atoms. The molecule has 0 aromatic heterocycles. The summed E-state index contributed by atoms with van der Waals surface area (Å²) in [5, 5.41) is 2.34. The van der Waals surface area contributed by atoms with Crippen LogP contribution in [0.3, 0.4) is 0 Å². The van der Waals surface area contributed by atoms with Crippen molar-refractivity contribution in [3.63, 3.8) is 0 Å². The molecule has 7 heteroatoms. The van der Waals surface area contributed by atoms with E-state index in [1.165, 1.54) is 11.3 Å². The number of rotatable bonds is 4. The highest BCUT2D eigenvalue weighted by Crippen LogP contribution is 2.32. The van der Waals surface area contributed by atoms with Crippen molar-refractivity contribution in [2.75, 3.05) is 11.4 Å². The van der Waals surface area contributed by atoms with Crippen LogP contribution in [0.5, 0.6) is 0 Å². The van der Waals surface area contributed by atoms with Gasteiger partial charge >= 0.3 is 0 Å². The number of hydrogen-bond donors (Lipinski definition) is 2. The Kier molecular flexibility index (Phi) is 4.55. The van der Waals surface area contributed by atoms with Crippen molar-refractivity contribution >= 4 is 23.4 Å². The lowest BCUT2D eigenvalue weighted by Gasteiger charge is -2.29. The maximum absolute atomic E-state index is 12.9. The van der Waals surface area contributed by atoms with Gasteiger partial charge in [0, 0.05) is 43.9 Å². The highest BCUT2D eigenvalue weighted by Gasteiger charge is 2.39. The summed E-state index contributed by atoms with van der Waals surface area (Å²) in [5.41, 5.74) is 12.2. The number of amides is 3. The topological polar surface area (TPSA) is 95.7 Å². The van der Waals surface area contributed by atoms with E-state index >= 15 is 0 Å². The SMILES string of the molecule is NCc1ccc2c(c1)N(Cc1ccc3c(c1)CN(C1CCC(=O)NC1=O)C3=O)CC2. The number of fused-ring (bicyclic) bond motifs is 2. The summed E-state index contributed by atoms with van der Waals surface area (Å²) >= 11 is 0. The predicted octanol–water partition coefficient (Wildman–Crippen LogP) is 1.47. The summed E-state index contributed by atoms with van der Waals surface area (Å²) in [4.78, 5) is 40.4. The Hall–Kier alpha value is -3.19. The second-order valence-corrected chi connectivity index (χ2v) is 8.23. The molecule has 0 radical (unpaired) electrons. The van der Waals surface area contributed by atoms with Crippen LogP contribution < -0.4 is 16.0 Å². The maximum Gasteiger partial charge on any atom is 0.255 e. The molecule has 30 heavy (non-hydrogen) atoms. The highest BCUT2D eigenvalue weighted by atomic mass is 16.2. The summed E-state index contributed by atoms with van der Waals surface area (Å²) in [7, 11) is 0.